The van der Waals surface area contributed by atoms with E-state index in [4.69, 9.17) is 0 Å². The van der Waals surface area contributed by atoms with Crippen LogP contribution >= 0.6 is 0 Å². The minimum absolute atomic E-state index is 0.0236. The van der Waals surface area contributed by atoms with Gasteiger partial charge in [-0.15, -0.1) is 0 Å². The fourth-order valence-corrected chi connectivity index (χ4v) is 3.61. The number of hydrogen-bond acceptors (Lipinski definition) is 3. The quantitative estimate of drug-likeness (QED) is 0.837. The Balaban J connectivity index is 1.86. The maximum Gasteiger partial charge on any atom is 0.257 e. The van der Waals surface area contributed by atoms with Crippen LogP contribution in [0.2, 0.25) is 0 Å². The lowest BCUT2D eigenvalue weighted by Crippen LogP contribution is -2.53. The molecule has 0 bridgehead atoms. The molecule has 1 saturated heterocycles. The van der Waals surface area contributed by atoms with E-state index in [1.165, 1.54) is 0 Å². The minimum atomic E-state index is -0.459. The first-order valence-corrected chi connectivity index (χ1v) is 9.38. The van der Waals surface area contributed by atoms with E-state index in [2.05, 4.69) is 5.10 Å². The highest BCUT2D eigenvalue weighted by Gasteiger charge is 2.36. The number of amides is 2. The standard InChI is InChI=1S/C21H28N4O2/c1-21(2,3)18-16(14-23(4)22-18)19(26)24(5)17-12-9-13-25(20(17)27)15-10-7-6-8-11-15/h6-8,10-11,14,17H,9,12-13H2,1-5H3. The number of piperidine rings is 1. The molecule has 0 radical (unpaired) electrons. The van der Waals surface area contributed by atoms with Gasteiger partial charge in [-0.2, -0.15) is 5.10 Å². The van der Waals surface area contributed by atoms with Crippen molar-refractivity contribution in [1.29, 1.82) is 0 Å². The third-order valence-corrected chi connectivity index (χ3v) is 5.04. The average molecular weight is 368 g/mol. The molecule has 0 aliphatic carbocycles. The number of benzene rings is 1. The predicted molar refractivity (Wildman–Crippen MR) is 106 cm³/mol. The summed E-state index contributed by atoms with van der Waals surface area (Å²) in [4.78, 5) is 29.7. The number of aryl methyl sites for hydroxylation is 1. The van der Waals surface area contributed by atoms with Gasteiger partial charge < -0.3 is 9.80 Å². The van der Waals surface area contributed by atoms with Gasteiger partial charge in [0.2, 0.25) is 5.91 Å². The van der Waals surface area contributed by atoms with E-state index < -0.39 is 6.04 Å². The monoisotopic (exact) mass is 368 g/mol. The second-order valence-corrected chi connectivity index (χ2v) is 8.21. The van der Waals surface area contributed by atoms with Gasteiger partial charge in [0.05, 0.1) is 11.3 Å². The van der Waals surface area contributed by atoms with Crippen LogP contribution in [0.5, 0.6) is 0 Å². The van der Waals surface area contributed by atoms with Crippen LogP contribution in [0.1, 0.15) is 49.7 Å². The maximum atomic E-state index is 13.2. The van der Waals surface area contributed by atoms with Crippen LogP contribution in [0, 0.1) is 0 Å². The minimum Gasteiger partial charge on any atom is -0.330 e. The molecule has 0 saturated carbocycles. The van der Waals surface area contributed by atoms with E-state index in [-0.39, 0.29) is 17.2 Å². The van der Waals surface area contributed by atoms with Gasteiger partial charge >= 0.3 is 0 Å². The Morgan fingerprint density at radius 2 is 1.89 bits per heavy atom. The zero-order chi connectivity index (χ0) is 19.8. The van der Waals surface area contributed by atoms with Crippen LogP contribution in [0.25, 0.3) is 0 Å². The smallest absolute Gasteiger partial charge is 0.257 e. The molecule has 2 heterocycles. The fraction of sp³-hybridized carbons (Fsp3) is 0.476. The molecule has 0 spiro atoms. The fourth-order valence-electron chi connectivity index (χ4n) is 3.61. The number of aromatic nitrogens is 2. The summed E-state index contributed by atoms with van der Waals surface area (Å²) >= 11 is 0. The molecule has 27 heavy (non-hydrogen) atoms. The third kappa shape index (κ3) is 3.75. The Morgan fingerprint density at radius 1 is 1.22 bits per heavy atom. The molecule has 3 rings (SSSR count). The molecule has 2 aromatic rings. The van der Waals surface area contributed by atoms with Gasteiger partial charge in [-0.05, 0) is 25.0 Å². The van der Waals surface area contributed by atoms with Crippen LogP contribution in [0.15, 0.2) is 36.5 Å². The number of likely N-dealkylation sites (N-methyl/N-ethyl adjacent to an activating group) is 1. The first-order chi connectivity index (χ1) is 12.7. The molecular formula is C21H28N4O2. The lowest BCUT2D eigenvalue weighted by molar-refractivity contribution is -0.124. The highest BCUT2D eigenvalue weighted by Crippen LogP contribution is 2.28. The van der Waals surface area contributed by atoms with Crippen LogP contribution < -0.4 is 4.90 Å². The van der Waals surface area contributed by atoms with Gasteiger partial charge in [-0.1, -0.05) is 39.0 Å². The largest absolute Gasteiger partial charge is 0.330 e. The summed E-state index contributed by atoms with van der Waals surface area (Å²) in [6.45, 7) is 6.79. The molecule has 1 aliphatic heterocycles. The summed E-state index contributed by atoms with van der Waals surface area (Å²) in [5, 5.41) is 4.49. The normalized spacial score (nSPS) is 17.9. The Labute approximate surface area is 160 Å². The number of rotatable bonds is 3. The topological polar surface area (TPSA) is 58.4 Å². The van der Waals surface area contributed by atoms with Crippen molar-refractivity contribution in [1.82, 2.24) is 14.7 Å². The summed E-state index contributed by atoms with van der Waals surface area (Å²) in [5.41, 5.74) is 1.95. The molecule has 1 atom stereocenters. The molecular weight excluding hydrogens is 340 g/mol. The van der Waals surface area contributed by atoms with Crippen molar-refractivity contribution in [2.24, 2.45) is 7.05 Å². The van der Waals surface area contributed by atoms with Crippen LogP contribution in [-0.4, -0.2) is 46.1 Å². The van der Waals surface area contributed by atoms with Gasteiger partial charge in [-0.3, -0.25) is 14.3 Å². The van der Waals surface area contributed by atoms with Crippen molar-refractivity contribution in [2.75, 3.05) is 18.5 Å². The highest BCUT2D eigenvalue weighted by molar-refractivity contribution is 6.03. The summed E-state index contributed by atoms with van der Waals surface area (Å²) < 4.78 is 1.67. The van der Waals surface area contributed by atoms with Crippen molar-refractivity contribution in [3.05, 3.63) is 47.8 Å². The van der Waals surface area contributed by atoms with Gasteiger partial charge in [0.25, 0.3) is 5.91 Å². The number of carbonyl (C=O) groups excluding carboxylic acids is 2. The number of nitrogens with zero attached hydrogens (tertiary/aromatic N) is 4. The second-order valence-electron chi connectivity index (χ2n) is 8.21. The van der Waals surface area contributed by atoms with Gasteiger partial charge in [-0.25, -0.2) is 0 Å². The van der Waals surface area contributed by atoms with Gasteiger partial charge in [0, 0.05) is 37.9 Å². The third-order valence-electron chi connectivity index (χ3n) is 5.04. The molecule has 2 amide bonds. The van der Waals surface area contributed by atoms with Gasteiger partial charge in [0.1, 0.15) is 6.04 Å². The average Bonchev–Trinajstić information content (AvgIpc) is 3.04. The predicted octanol–water partition coefficient (Wildman–Crippen LogP) is 2.99. The van der Waals surface area contributed by atoms with E-state index in [1.54, 1.807) is 27.7 Å². The molecule has 1 aliphatic rings. The van der Waals surface area contributed by atoms with E-state index in [0.717, 1.165) is 17.8 Å². The highest BCUT2D eigenvalue weighted by atomic mass is 16.2. The number of anilines is 1. The van der Waals surface area contributed by atoms with Gasteiger partial charge in [0.15, 0.2) is 0 Å². The van der Waals surface area contributed by atoms with Crippen molar-refractivity contribution < 1.29 is 9.59 Å². The molecule has 144 valence electrons. The Kier molecular flexibility index (Phi) is 5.09. The van der Waals surface area contributed by atoms with Crippen molar-refractivity contribution in [3.8, 4) is 0 Å². The zero-order valence-corrected chi connectivity index (χ0v) is 16.8. The molecule has 1 fully saturated rings. The molecule has 0 N–H and O–H groups in total. The van der Waals surface area contributed by atoms with Crippen molar-refractivity contribution in [3.63, 3.8) is 0 Å². The second kappa shape index (κ2) is 7.18. The SMILES string of the molecule is CN(C(=O)c1cn(C)nc1C(C)(C)C)C1CCCN(c2ccccc2)C1=O. The molecule has 6 heteroatoms. The molecule has 6 nitrogen and oxygen atoms in total. The van der Waals surface area contributed by atoms with Crippen molar-refractivity contribution in [2.45, 2.75) is 45.1 Å². The Bertz CT molecular complexity index is 836. The van der Waals surface area contributed by atoms with E-state index >= 15 is 0 Å². The van der Waals surface area contributed by atoms with E-state index in [9.17, 15) is 9.59 Å². The Morgan fingerprint density at radius 3 is 2.52 bits per heavy atom. The lowest BCUT2D eigenvalue weighted by Gasteiger charge is -2.37. The summed E-state index contributed by atoms with van der Waals surface area (Å²) in [5.74, 6) is -0.175. The molecule has 1 unspecified atom stereocenters. The number of para-hydroxylation sites is 1. The summed E-state index contributed by atoms with van der Waals surface area (Å²) in [7, 11) is 3.54. The van der Waals surface area contributed by atoms with Crippen LogP contribution in [0.3, 0.4) is 0 Å². The first kappa shape index (κ1) is 19.1. The maximum absolute atomic E-state index is 13.2. The molecule has 1 aromatic heterocycles. The van der Waals surface area contributed by atoms with Crippen LogP contribution in [0.4, 0.5) is 5.69 Å². The number of carbonyl (C=O) groups is 2. The summed E-state index contributed by atoms with van der Waals surface area (Å²) in [6.07, 6.45) is 3.29. The number of hydrogen-bond donors (Lipinski definition) is 0. The van der Waals surface area contributed by atoms with Crippen LogP contribution in [-0.2, 0) is 17.3 Å². The first-order valence-electron chi connectivity index (χ1n) is 9.38. The molecule has 1 aromatic carbocycles. The zero-order valence-electron chi connectivity index (χ0n) is 16.8. The van der Waals surface area contributed by atoms with E-state index in [1.807, 2.05) is 58.2 Å². The van der Waals surface area contributed by atoms with Crippen molar-refractivity contribution >= 4 is 17.5 Å². The Hall–Kier alpha value is -2.63. The van der Waals surface area contributed by atoms with E-state index in [0.29, 0.717) is 18.5 Å². The summed E-state index contributed by atoms with van der Waals surface area (Å²) in [6, 6.07) is 9.18. The lowest BCUT2D eigenvalue weighted by atomic mass is 9.89.